The zero-order valence-corrected chi connectivity index (χ0v) is 13.2. The molecule has 20 heavy (non-hydrogen) atoms. The van der Waals surface area contributed by atoms with E-state index in [0.717, 1.165) is 16.6 Å². The van der Waals surface area contributed by atoms with Gasteiger partial charge in [0.2, 0.25) is 0 Å². The molecule has 0 bridgehead atoms. The second kappa shape index (κ2) is 6.86. The number of ether oxygens (including phenoxy) is 1. The molecule has 2 nitrogen and oxygen atoms in total. The van der Waals surface area contributed by atoms with Crippen LogP contribution < -0.4 is 4.74 Å². The number of benzene rings is 2. The van der Waals surface area contributed by atoms with Crippen molar-refractivity contribution in [3.63, 3.8) is 0 Å². The molecule has 0 aliphatic heterocycles. The summed E-state index contributed by atoms with van der Waals surface area (Å²) in [6.07, 6.45) is 0. The van der Waals surface area contributed by atoms with Crippen LogP contribution in [0.25, 0.3) is 0 Å². The second-order valence-electron chi connectivity index (χ2n) is 4.77. The largest absolute Gasteiger partial charge is 0.494 e. The van der Waals surface area contributed by atoms with Gasteiger partial charge in [-0.3, -0.25) is 4.90 Å². The molecule has 0 aliphatic carbocycles. The first-order valence-corrected chi connectivity index (χ1v) is 7.13. The predicted octanol–water partition coefficient (Wildman–Crippen LogP) is 4.23. The third-order valence-corrected chi connectivity index (χ3v) is 3.50. The van der Waals surface area contributed by atoms with E-state index in [2.05, 4.69) is 33.0 Å². The summed E-state index contributed by atoms with van der Waals surface area (Å²) in [5.74, 6) is -0.0377. The predicted molar refractivity (Wildman–Crippen MR) is 82.3 cm³/mol. The zero-order valence-electron chi connectivity index (χ0n) is 11.6. The summed E-state index contributed by atoms with van der Waals surface area (Å²) in [7, 11) is 3.49. The van der Waals surface area contributed by atoms with Crippen LogP contribution in [0.15, 0.2) is 46.9 Å². The topological polar surface area (TPSA) is 12.5 Å². The summed E-state index contributed by atoms with van der Waals surface area (Å²) >= 11 is 3.46. The lowest BCUT2D eigenvalue weighted by Gasteiger charge is -2.17. The Morgan fingerprint density at radius 1 is 1.10 bits per heavy atom. The normalized spacial score (nSPS) is 10.8. The van der Waals surface area contributed by atoms with Gasteiger partial charge in [-0.05, 0) is 42.4 Å². The zero-order chi connectivity index (χ0) is 14.5. The molecule has 0 N–H and O–H groups in total. The fourth-order valence-corrected chi connectivity index (χ4v) is 2.57. The van der Waals surface area contributed by atoms with Crippen LogP contribution in [0.1, 0.15) is 11.1 Å². The number of methoxy groups -OCH3 is 1. The van der Waals surface area contributed by atoms with Crippen molar-refractivity contribution in [1.29, 1.82) is 0 Å². The fraction of sp³-hybridized carbons (Fsp3) is 0.250. The quantitative estimate of drug-likeness (QED) is 0.809. The average Bonchev–Trinajstić information content (AvgIpc) is 2.38. The van der Waals surface area contributed by atoms with E-state index in [4.69, 9.17) is 4.74 Å². The van der Waals surface area contributed by atoms with Gasteiger partial charge in [-0.2, -0.15) is 0 Å². The standard InChI is InChI=1S/C16H17BrFNO/c1-19(10-12-4-3-5-14(17)8-12)11-13-6-7-16(20-2)15(18)9-13/h3-9H,10-11H2,1-2H3. The maximum absolute atomic E-state index is 13.6. The third-order valence-electron chi connectivity index (χ3n) is 3.01. The molecular formula is C16H17BrFNO. The van der Waals surface area contributed by atoms with Crippen LogP contribution in [-0.2, 0) is 13.1 Å². The minimum absolute atomic E-state index is 0.281. The van der Waals surface area contributed by atoms with Gasteiger partial charge < -0.3 is 4.74 Å². The van der Waals surface area contributed by atoms with E-state index < -0.39 is 0 Å². The molecule has 2 aromatic carbocycles. The Hall–Kier alpha value is -1.39. The third kappa shape index (κ3) is 4.05. The number of nitrogens with zero attached hydrogens (tertiary/aromatic N) is 1. The van der Waals surface area contributed by atoms with Gasteiger partial charge in [0.25, 0.3) is 0 Å². The molecule has 0 radical (unpaired) electrons. The van der Waals surface area contributed by atoms with Crippen molar-refractivity contribution in [2.75, 3.05) is 14.2 Å². The van der Waals surface area contributed by atoms with Crippen molar-refractivity contribution >= 4 is 15.9 Å². The summed E-state index contributed by atoms with van der Waals surface area (Å²) in [5, 5.41) is 0. The van der Waals surface area contributed by atoms with E-state index in [0.29, 0.717) is 6.54 Å². The van der Waals surface area contributed by atoms with Gasteiger partial charge in [0.05, 0.1) is 7.11 Å². The lowest BCUT2D eigenvalue weighted by molar-refractivity contribution is 0.317. The molecule has 0 spiro atoms. The van der Waals surface area contributed by atoms with Gasteiger partial charge in [0.1, 0.15) is 0 Å². The number of halogens is 2. The second-order valence-corrected chi connectivity index (χ2v) is 5.69. The van der Waals surface area contributed by atoms with Crippen LogP contribution in [0.4, 0.5) is 4.39 Å². The molecule has 0 unspecified atom stereocenters. The van der Waals surface area contributed by atoms with Gasteiger partial charge in [0, 0.05) is 17.6 Å². The van der Waals surface area contributed by atoms with Crippen LogP contribution in [0.5, 0.6) is 5.75 Å². The van der Waals surface area contributed by atoms with Gasteiger partial charge >= 0.3 is 0 Å². The van der Waals surface area contributed by atoms with Crippen LogP contribution in [0.2, 0.25) is 0 Å². The highest BCUT2D eigenvalue weighted by Gasteiger charge is 2.06. The Morgan fingerprint density at radius 2 is 1.80 bits per heavy atom. The molecule has 106 valence electrons. The average molecular weight is 338 g/mol. The summed E-state index contributed by atoms with van der Waals surface area (Å²) in [5.41, 5.74) is 2.15. The van der Waals surface area contributed by atoms with Gasteiger partial charge in [-0.15, -0.1) is 0 Å². The van der Waals surface area contributed by atoms with Gasteiger partial charge in [0.15, 0.2) is 11.6 Å². The Morgan fingerprint density at radius 3 is 2.40 bits per heavy atom. The molecule has 0 atom stereocenters. The summed E-state index contributed by atoms with van der Waals surface area (Å²) in [6, 6.07) is 13.3. The highest BCUT2D eigenvalue weighted by atomic mass is 79.9. The maximum Gasteiger partial charge on any atom is 0.165 e. The van der Waals surface area contributed by atoms with Crippen LogP contribution in [0.3, 0.4) is 0 Å². The van der Waals surface area contributed by atoms with E-state index in [1.807, 2.05) is 25.2 Å². The number of hydrogen-bond donors (Lipinski definition) is 0. The highest BCUT2D eigenvalue weighted by Crippen LogP contribution is 2.19. The molecule has 0 saturated carbocycles. The molecule has 4 heteroatoms. The molecule has 2 rings (SSSR count). The maximum atomic E-state index is 13.6. The van der Waals surface area contributed by atoms with Crippen molar-refractivity contribution in [3.8, 4) is 5.75 Å². The Kier molecular flexibility index (Phi) is 5.15. The minimum Gasteiger partial charge on any atom is -0.494 e. The lowest BCUT2D eigenvalue weighted by Crippen LogP contribution is -2.17. The first-order valence-electron chi connectivity index (χ1n) is 6.34. The molecular weight excluding hydrogens is 321 g/mol. The highest BCUT2D eigenvalue weighted by molar-refractivity contribution is 9.10. The minimum atomic E-state index is -0.319. The van der Waals surface area contributed by atoms with Crippen LogP contribution in [0, 0.1) is 5.82 Å². The molecule has 2 aromatic rings. The van der Waals surface area contributed by atoms with Crippen molar-refractivity contribution in [2.24, 2.45) is 0 Å². The molecule has 0 heterocycles. The summed E-state index contributed by atoms with van der Waals surface area (Å²) < 4.78 is 19.6. The lowest BCUT2D eigenvalue weighted by atomic mass is 10.1. The van der Waals surface area contributed by atoms with Gasteiger partial charge in [-0.1, -0.05) is 34.1 Å². The van der Waals surface area contributed by atoms with E-state index in [1.54, 1.807) is 6.07 Å². The smallest absolute Gasteiger partial charge is 0.165 e. The molecule has 0 amide bonds. The Labute approximate surface area is 127 Å². The summed E-state index contributed by atoms with van der Waals surface area (Å²) in [4.78, 5) is 2.14. The van der Waals surface area contributed by atoms with E-state index in [-0.39, 0.29) is 11.6 Å². The van der Waals surface area contributed by atoms with Crippen molar-refractivity contribution in [3.05, 3.63) is 63.9 Å². The SMILES string of the molecule is COc1ccc(CN(C)Cc2cccc(Br)c2)cc1F. The first kappa shape index (κ1) is 15.0. The van der Waals surface area contributed by atoms with Crippen molar-refractivity contribution in [1.82, 2.24) is 4.90 Å². The fourth-order valence-electron chi connectivity index (χ4n) is 2.12. The Bertz CT molecular complexity index is 588. The molecule has 0 aliphatic rings. The molecule has 0 saturated heterocycles. The van der Waals surface area contributed by atoms with Crippen molar-refractivity contribution < 1.29 is 9.13 Å². The Balaban J connectivity index is 2.01. The first-order chi connectivity index (χ1) is 9.58. The summed E-state index contributed by atoms with van der Waals surface area (Å²) in [6.45, 7) is 1.50. The van der Waals surface area contributed by atoms with Gasteiger partial charge in [-0.25, -0.2) is 4.39 Å². The molecule has 0 aromatic heterocycles. The number of rotatable bonds is 5. The monoisotopic (exact) mass is 337 g/mol. The van der Waals surface area contributed by atoms with Crippen LogP contribution in [-0.4, -0.2) is 19.1 Å². The van der Waals surface area contributed by atoms with E-state index in [1.165, 1.54) is 18.7 Å². The van der Waals surface area contributed by atoms with E-state index >= 15 is 0 Å². The number of hydrogen-bond acceptors (Lipinski definition) is 2. The van der Waals surface area contributed by atoms with E-state index in [9.17, 15) is 4.39 Å². The van der Waals surface area contributed by atoms with Crippen LogP contribution >= 0.6 is 15.9 Å². The van der Waals surface area contributed by atoms with Crippen molar-refractivity contribution in [2.45, 2.75) is 13.1 Å². The molecule has 0 fully saturated rings.